The van der Waals surface area contributed by atoms with Crippen molar-refractivity contribution in [2.45, 2.75) is 58.1 Å². The SMILES string of the molecule is CC(C)OC(=O)c1ccc(NC2C3CC4CC(C3)CC2C4)c(N)c1. The zero-order valence-electron chi connectivity index (χ0n) is 14.6. The van der Waals surface area contributed by atoms with E-state index in [-0.39, 0.29) is 12.1 Å². The van der Waals surface area contributed by atoms with Crippen molar-refractivity contribution in [1.82, 2.24) is 0 Å². The van der Waals surface area contributed by atoms with E-state index < -0.39 is 0 Å². The molecule has 4 aliphatic carbocycles. The lowest BCUT2D eigenvalue weighted by Gasteiger charge is -2.54. The molecule has 1 aromatic carbocycles. The summed E-state index contributed by atoms with van der Waals surface area (Å²) in [6, 6.07) is 6.05. The van der Waals surface area contributed by atoms with Gasteiger partial charge in [-0.3, -0.25) is 0 Å². The predicted octanol–water partition coefficient (Wildman–Crippen LogP) is 4.07. The number of nitrogens with one attached hydrogen (secondary N) is 1. The molecule has 0 radical (unpaired) electrons. The van der Waals surface area contributed by atoms with Crippen LogP contribution in [-0.2, 0) is 4.74 Å². The summed E-state index contributed by atoms with van der Waals surface area (Å²) >= 11 is 0. The Balaban J connectivity index is 1.48. The van der Waals surface area contributed by atoms with Gasteiger partial charge in [-0.1, -0.05) is 0 Å². The van der Waals surface area contributed by atoms with Crippen molar-refractivity contribution in [1.29, 1.82) is 0 Å². The molecule has 0 heterocycles. The predicted molar refractivity (Wildman–Crippen MR) is 95.9 cm³/mol. The van der Waals surface area contributed by atoms with Crippen molar-refractivity contribution >= 4 is 17.3 Å². The van der Waals surface area contributed by atoms with Crippen LogP contribution in [0.2, 0.25) is 0 Å². The molecule has 0 saturated heterocycles. The van der Waals surface area contributed by atoms with Gasteiger partial charge >= 0.3 is 5.97 Å². The fraction of sp³-hybridized carbons (Fsp3) is 0.650. The van der Waals surface area contributed by atoms with Gasteiger partial charge in [0.15, 0.2) is 0 Å². The highest BCUT2D eigenvalue weighted by Crippen LogP contribution is 2.54. The Labute approximate surface area is 144 Å². The molecule has 130 valence electrons. The fourth-order valence-electron chi connectivity index (χ4n) is 5.44. The van der Waals surface area contributed by atoms with E-state index in [1.165, 1.54) is 32.1 Å². The number of hydrogen-bond donors (Lipinski definition) is 2. The number of ether oxygens (including phenoxy) is 1. The zero-order chi connectivity index (χ0) is 16.8. The number of nitrogens with two attached hydrogens (primary N) is 1. The van der Waals surface area contributed by atoms with Crippen molar-refractivity contribution in [2.24, 2.45) is 23.7 Å². The van der Waals surface area contributed by atoms with Crippen LogP contribution in [0.15, 0.2) is 18.2 Å². The first kappa shape index (κ1) is 15.8. The molecule has 4 saturated carbocycles. The van der Waals surface area contributed by atoms with E-state index in [4.69, 9.17) is 10.5 Å². The van der Waals surface area contributed by atoms with Crippen LogP contribution in [0, 0.1) is 23.7 Å². The van der Waals surface area contributed by atoms with Crippen LogP contribution >= 0.6 is 0 Å². The van der Waals surface area contributed by atoms with E-state index in [9.17, 15) is 4.79 Å². The number of carbonyl (C=O) groups excluding carboxylic acids is 1. The van der Waals surface area contributed by atoms with Gasteiger partial charge in [0.05, 0.1) is 23.0 Å². The minimum atomic E-state index is -0.308. The smallest absolute Gasteiger partial charge is 0.338 e. The van der Waals surface area contributed by atoms with Crippen LogP contribution in [0.3, 0.4) is 0 Å². The lowest BCUT2D eigenvalue weighted by molar-refractivity contribution is 0.00756. The molecule has 4 fully saturated rings. The molecule has 4 nitrogen and oxygen atoms in total. The third-order valence-corrected chi connectivity index (χ3v) is 6.18. The van der Waals surface area contributed by atoms with E-state index in [1.54, 1.807) is 6.07 Å². The highest BCUT2D eigenvalue weighted by molar-refractivity contribution is 5.92. The Morgan fingerprint density at radius 2 is 1.75 bits per heavy atom. The maximum atomic E-state index is 12.0. The van der Waals surface area contributed by atoms with Crippen LogP contribution < -0.4 is 11.1 Å². The molecular formula is C20H28N2O2. The van der Waals surface area contributed by atoms with E-state index in [0.29, 0.717) is 17.3 Å². The molecule has 0 aromatic heterocycles. The highest BCUT2D eigenvalue weighted by atomic mass is 16.5. The van der Waals surface area contributed by atoms with Gasteiger partial charge in [0.1, 0.15) is 0 Å². The van der Waals surface area contributed by atoms with Gasteiger partial charge in [-0.05, 0) is 87.8 Å². The summed E-state index contributed by atoms with van der Waals surface area (Å²) in [5.74, 6) is 3.22. The summed E-state index contributed by atoms with van der Waals surface area (Å²) < 4.78 is 5.24. The highest BCUT2D eigenvalue weighted by Gasteiger charge is 2.48. The van der Waals surface area contributed by atoms with Crippen LogP contribution in [0.5, 0.6) is 0 Å². The largest absolute Gasteiger partial charge is 0.459 e. The maximum Gasteiger partial charge on any atom is 0.338 e. The summed E-state index contributed by atoms with van der Waals surface area (Å²) in [6.07, 6.45) is 6.86. The first-order valence-corrected chi connectivity index (χ1v) is 9.36. The number of rotatable bonds is 4. The van der Waals surface area contributed by atoms with Crippen LogP contribution in [0.25, 0.3) is 0 Å². The van der Waals surface area contributed by atoms with Gasteiger partial charge in [-0.25, -0.2) is 4.79 Å². The Kier molecular flexibility index (Phi) is 3.93. The minimum absolute atomic E-state index is 0.121. The van der Waals surface area contributed by atoms with Gasteiger partial charge in [0.25, 0.3) is 0 Å². The molecule has 5 rings (SSSR count). The molecule has 0 spiro atoms. The monoisotopic (exact) mass is 328 g/mol. The van der Waals surface area contributed by atoms with Crippen LogP contribution in [0.4, 0.5) is 11.4 Å². The summed E-state index contributed by atoms with van der Waals surface area (Å²) in [6.45, 7) is 3.70. The third-order valence-electron chi connectivity index (χ3n) is 6.18. The van der Waals surface area contributed by atoms with Crippen molar-refractivity contribution < 1.29 is 9.53 Å². The number of carbonyl (C=O) groups is 1. The van der Waals surface area contributed by atoms with Crippen molar-refractivity contribution in [3.63, 3.8) is 0 Å². The molecule has 3 N–H and O–H groups in total. The number of anilines is 2. The van der Waals surface area contributed by atoms with Gasteiger partial charge < -0.3 is 15.8 Å². The number of benzene rings is 1. The van der Waals surface area contributed by atoms with E-state index in [2.05, 4.69) is 5.32 Å². The molecule has 1 aromatic rings. The standard InChI is InChI=1S/C20H28N2O2/c1-11(2)24-20(23)14-3-4-18(17(21)10-14)22-19-15-6-12-5-13(8-15)9-16(19)7-12/h3-4,10-13,15-16,19,22H,5-9,21H2,1-2H3. The topological polar surface area (TPSA) is 64.3 Å². The first-order chi connectivity index (χ1) is 11.5. The summed E-state index contributed by atoms with van der Waals surface area (Å²) in [5, 5.41) is 3.72. The van der Waals surface area contributed by atoms with E-state index in [1.807, 2.05) is 26.0 Å². The Bertz CT molecular complexity index is 613. The molecule has 4 bridgehead atoms. The number of esters is 1. The first-order valence-electron chi connectivity index (χ1n) is 9.36. The molecule has 24 heavy (non-hydrogen) atoms. The second-order valence-electron chi connectivity index (χ2n) is 8.36. The Morgan fingerprint density at radius 1 is 1.12 bits per heavy atom. The molecule has 0 unspecified atom stereocenters. The second kappa shape index (κ2) is 5.98. The van der Waals surface area contributed by atoms with Crippen LogP contribution in [-0.4, -0.2) is 18.1 Å². The van der Waals surface area contributed by atoms with Crippen molar-refractivity contribution in [3.05, 3.63) is 23.8 Å². The normalized spacial score (nSPS) is 33.7. The average Bonchev–Trinajstić information content (AvgIpc) is 2.50. The molecule has 4 heteroatoms. The molecular weight excluding hydrogens is 300 g/mol. The maximum absolute atomic E-state index is 12.0. The van der Waals surface area contributed by atoms with E-state index >= 15 is 0 Å². The van der Waals surface area contributed by atoms with Crippen molar-refractivity contribution in [2.75, 3.05) is 11.1 Å². The second-order valence-corrected chi connectivity index (χ2v) is 8.36. The molecule has 0 aliphatic heterocycles. The molecule has 0 amide bonds. The van der Waals surface area contributed by atoms with Crippen LogP contribution in [0.1, 0.15) is 56.3 Å². The minimum Gasteiger partial charge on any atom is -0.459 e. The zero-order valence-corrected chi connectivity index (χ0v) is 14.6. The summed E-state index contributed by atoms with van der Waals surface area (Å²) in [7, 11) is 0. The molecule has 4 aliphatic rings. The van der Waals surface area contributed by atoms with Gasteiger partial charge in [-0.15, -0.1) is 0 Å². The third kappa shape index (κ3) is 2.87. The summed E-state index contributed by atoms with van der Waals surface area (Å²) in [4.78, 5) is 12.0. The van der Waals surface area contributed by atoms with Gasteiger partial charge in [0.2, 0.25) is 0 Å². The number of nitrogen functional groups attached to an aromatic ring is 1. The van der Waals surface area contributed by atoms with Gasteiger partial charge in [0, 0.05) is 6.04 Å². The Hall–Kier alpha value is -1.71. The van der Waals surface area contributed by atoms with E-state index in [0.717, 1.165) is 29.4 Å². The average molecular weight is 328 g/mol. The molecule has 0 atom stereocenters. The van der Waals surface area contributed by atoms with Crippen molar-refractivity contribution in [3.8, 4) is 0 Å². The summed E-state index contributed by atoms with van der Waals surface area (Å²) in [5.41, 5.74) is 8.36. The van der Waals surface area contributed by atoms with Gasteiger partial charge in [-0.2, -0.15) is 0 Å². The lowest BCUT2D eigenvalue weighted by Crippen LogP contribution is -2.51. The lowest BCUT2D eigenvalue weighted by atomic mass is 9.54. The Morgan fingerprint density at radius 3 is 2.29 bits per heavy atom. The number of hydrogen-bond acceptors (Lipinski definition) is 4. The fourth-order valence-corrected chi connectivity index (χ4v) is 5.44. The quantitative estimate of drug-likeness (QED) is 0.646.